The summed E-state index contributed by atoms with van der Waals surface area (Å²) in [6.07, 6.45) is 8.13. The number of ether oxygens (including phenoxy) is 1. The van der Waals surface area contributed by atoms with Gasteiger partial charge in [-0.2, -0.15) is 9.40 Å². The molecule has 2 atom stereocenters. The average Bonchev–Trinajstić information content (AvgIpc) is 3.37. The Morgan fingerprint density at radius 2 is 1.74 bits per heavy atom. The Bertz CT molecular complexity index is 1360. The fourth-order valence-corrected chi connectivity index (χ4v) is 7.77. The molecular formula is C29H37N3O5S. The molecule has 2 heterocycles. The standard InChI is InChI=1S/C29H37N3O5S/c1-2-37-23-13-15-24(16-14-23)38(35,36)31-19-22(17-21-9-5-3-4-6-10-21)28(20-31)32-27-12-8-7-11-25(27)26(30-32)18-29(33)34/h7-8,11-16,21-22,28H,2-6,9-10,17-20H2,1H3,(H,33,34)/t22-,28+/m1/s1. The van der Waals surface area contributed by atoms with Crippen LogP contribution >= 0.6 is 0 Å². The molecular weight excluding hydrogens is 502 g/mol. The van der Waals surface area contributed by atoms with Crippen molar-refractivity contribution in [1.29, 1.82) is 0 Å². The molecule has 0 radical (unpaired) electrons. The van der Waals surface area contributed by atoms with Crippen molar-refractivity contribution in [2.24, 2.45) is 11.8 Å². The zero-order chi connectivity index (χ0) is 26.7. The van der Waals surface area contributed by atoms with Crippen molar-refractivity contribution in [1.82, 2.24) is 14.1 Å². The number of sulfonamides is 1. The van der Waals surface area contributed by atoms with Crippen LogP contribution in [0.15, 0.2) is 53.4 Å². The molecule has 9 heteroatoms. The summed E-state index contributed by atoms with van der Waals surface area (Å²) >= 11 is 0. The van der Waals surface area contributed by atoms with Gasteiger partial charge in [-0.15, -0.1) is 0 Å². The highest BCUT2D eigenvalue weighted by molar-refractivity contribution is 7.89. The number of nitrogens with zero attached hydrogens (tertiary/aromatic N) is 3. The number of carboxylic acids is 1. The number of benzene rings is 2. The van der Waals surface area contributed by atoms with E-state index >= 15 is 0 Å². The van der Waals surface area contributed by atoms with Crippen LogP contribution in [0.1, 0.15) is 63.6 Å². The van der Waals surface area contributed by atoms with E-state index in [0.717, 1.165) is 17.3 Å². The second-order valence-corrected chi connectivity index (χ2v) is 12.6. The predicted molar refractivity (Wildman–Crippen MR) is 146 cm³/mol. The summed E-state index contributed by atoms with van der Waals surface area (Å²) in [5.41, 5.74) is 1.38. The monoisotopic (exact) mass is 539 g/mol. The van der Waals surface area contributed by atoms with E-state index in [-0.39, 0.29) is 23.3 Å². The molecule has 1 saturated heterocycles. The largest absolute Gasteiger partial charge is 0.494 e. The number of hydrogen-bond acceptors (Lipinski definition) is 5. The summed E-state index contributed by atoms with van der Waals surface area (Å²) < 4.78 is 36.5. The van der Waals surface area contributed by atoms with Gasteiger partial charge in [0.25, 0.3) is 0 Å². The van der Waals surface area contributed by atoms with E-state index in [1.807, 2.05) is 35.9 Å². The molecule has 1 N–H and O–H groups in total. The van der Waals surface area contributed by atoms with Gasteiger partial charge < -0.3 is 9.84 Å². The topological polar surface area (TPSA) is 102 Å². The minimum absolute atomic E-state index is 0.0940. The molecule has 0 amide bonds. The van der Waals surface area contributed by atoms with Gasteiger partial charge in [-0.25, -0.2) is 8.42 Å². The lowest BCUT2D eigenvalue weighted by Gasteiger charge is -2.24. The zero-order valence-electron chi connectivity index (χ0n) is 22.0. The average molecular weight is 540 g/mol. The van der Waals surface area contributed by atoms with Gasteiger partial charge in [-0.3, -0.25) is 9.48 Å². The molecule has 2 fully saturated rings. The minimum Gasteiger partial charge on any atom is -0.494 e. The number of aromatic nitrogens is 2. The summed E-state index contributed by atoms with van der Waals surface area (Å²) in [5, 5.41) is 15.1. The van der Waals surface area contributed by atoms with Crippen molar-refractivity contribution in [2.75, 3.05) is 19.7 Å². The van der Waals surface area contributed by atoms with Crippen molar-refractivity contribution in [3.8, 4) is 5.75 Å². The molecule has 1 aliphatic carbocycles. The van der Waals surface area contributed by atoms with Gasteiger partial charge in [-0.1, -0.05) is 56.7 Å². The SMILES string of the molecule is CCOc1ccc(S(=O)(=O)N2C[C@@H](CC3CCCCCC3)[C@@H](n3nc(CC(=O)O)c4ccccc43)C2)cc1. The Morgan fingerprint density at radius 1 is 1.03 bits per heavy atom. The van der Waals surface area contributed by atoms with E-state index < -0.39 is 16.0 Å². The van der Waals surface area contributed by atoms with Gasteiger partial charge in [0.2, 0.25) is 10.0 Å². The molecule has 3 aromatic rings. The first-order valence-electron chi connectivity index (χ1n) is 13.8. The third-order valence-corrected chi connectivity index (χ3v) is 9.93. The van der Waals surface area contributed by atoms with Gasteiger partial charge >= 0.3 is 5.97 Å². The molecule has 0 spiro atoms. The summed E-state index contributed by atoms with van der Waals surface area (Å²) in [5.74, 6) is 0.377. The lowest BCUT2D eigenvalue weighted by molar-refractivity contribution is -0.136. The summed E-state index contributed by atoms with van der Waals surface area (Å²) in [6, 6.07) is 14.1. The van der Waals surface area contributed by atoms with Gasteiger partial charge in [0.15, 0.2) is 0 Å². The molecule has 2 aromatic carbocycles. The first-order valence-corrected chi connectivity index (χ1v) is 15.2. The van der Waals surface area contributed by atoms with E-state index in [0.29, 0.717) is 37.1 Å². The fourth-order valence-electron chi connectivity index (χ4n) is 6.25. The number of carbonyl (C=O) groups is 1. The van der Waals surface area contributed by atoms with E-state index in [1.165, 1.54) is 38.5 Å². The highest BCUT2D eigenvalue weighted by atomic mass is 32.2. The van der Waals surface area contributed by atoms with Crippen LogP contribution in [0.5, 0.6) is 5.75 Å². The highest BCUT2D eigenvalue weighted by Gasteiger charge is 2.42. The highest BCUT2D eigenvalue weighted by Crippen LogP contribution is 2.40. The quantitative estimate of drug-likeness (QED) is 0.371. The third-order valence-electron chi connectivity index (χ3n) is 8.08. The van der Waals surface area contributed by atoms with Gasteiger partial charge in [0.05, 0.1) is 35.2 Å². The Labute approximate surface area is 224 Å². The molecule has 204 valence electrons. The van der Waals surface area contributed by atoms with Gasteiger partial charge in [0, 0.05) is 18.5 Å². The Balaban J connectivity index is 1.49. The maximum Gasteiger partial charge on any atom is 0.309 e. The van der Waals surface area contributed by atoms with Crippen LogP contribution in [0.3, 0.4) is 0 Å². The van der Waals surface area contributed by atoms with Crippen LogP contribution in [-0.4, -0.2) is 53.3 Å². The van der Waals surface area contributed by atoms with E-state index in [2.05, 4.69) is 0 Å². The molecule has 2 aliphatic rings. The third kappa shape index (κ3) is 5.59. The summed E-state index contributed by atoms with van der Waals surface area (Å²) in [4.78, 5) is 11.8. The number of para-hydroxylation sites is 1. The number of hydrogen-bond donors (Lipinski definition) is 1. The lowest BCUT2D eigenvalue weighted by Crippen LogP contribution is -2.29. The maximum atomic E-state index is 13.8. The normalized spacial score (nSPS) is 21.5. The van der Waals surface area contributed by atoms with Crippen molar-refractivity contribution >= 4 is 26.9 Å². The smallest absolute Gasteiger partial charge is 0.309 e. The fraction of sp³-hybridized carbons (Fsp3) is 0.517. The van der Waals surface area contributed by atoms with Crippen molar-refractivity contribution < 1.29 is 23.1 Å². The molecule has 1 aliphatic heterocycles. The number of fused-ring (bicyclic) bond motifs is 1. The number of rotatable bonds is 9. The van der Waals surface area contributed by atoms with Crippen molar-refractivity contribution in [3.05, 3.63) is 54.2 Å². The van der Waals surface area contributed by atoms with Gasteiger partial charge in [0.1, 0.15) is 5.75 Å². The Morgan fingerprint density at radius 3 is 2.42 bits per heavy atom. The van der Waals surface area contributed by atoms with Crippen molar-refractivity contribution in [3.63, 3.8) is 0 Å². The first-order chi connectivity index (χ1) is 18.4. The Kier molecular flexibility index (Phi) is 8.04. The molecule has 0 unspecified atom stereocenters. The maximum absolute atomic E-state index is 13.8. The zero-order valence-corrected chi connectivity index (χ0v) is 22.8. The van der Waals surface area contributed by atoms with Crippen LogP contribution in [0.2, 0.25) is 0 Å². The van der Waals surface area contributed by atoms with Gasteiger partial charge in [-0.05, 0) is 55.5 Å². The second kappa shape index (κ2) is 11.5. The minimum atomic E-state index is -3.72. The van der Waals surface area contributed by atoms with Crippen LogP contribution in [0.4, 0.5) is 0 Å². The number of aliphatic carboxylic acids is 1. The van der Waals surface area contributed by atoms with Crippen LogP contribution in [0.25, 0.3) is 10.9 Å². The molecule has 5 rings (SSSR count). The Hall–Kier alpha value is -2.91. The molecule has 0 bridgehead atoms. The molecule has 1 aromatic heterocycles. The number of carboxylic acid groups (broad SMARTS) is 1. The van der Waals surface area contributed by atoms with Crippen LogP contribution in [0, 0.1) is 11.8 Å². The summed E-state index contributed by atoms with van der Waals surface area (Å²) in [6.45, 7) is 3.15. The predicted octanol–water partition coefficient (Wildman–Crippen LogP) is 5.28. The van der Waals surface area contributed by atoms with E-state index in [4.69, 9.17) is 9.84 Å². The molecule has 8 nitrogen and oxygen atoms in total. The summed E-state index contributed by atoms with van der Waals surface area (Å²) in [7, 11) is -3.72. The second-order valence-electron chi connectivity index (χ2n) is 10.6. The van der Waals surface area contributed by atoms with E-state index in [1.54, 1.807) is 28.6 Å². The lowest BCUT2D eigenvalue weighted by atomic mass is 9.86. The molecule has 38 heavy (non-hydrogen) atoms. The van der Waals surface area contributed by atoms with E-state index in [9.17, 15) is 18.3 Å². The van der Waals surface area contributed by atoms with Crippen LogP contribution in [-0.2, 0) is 21.2 Å². The van der Waals surface area contributed by atoms with Crippen LogP contribution < -0.4 is 4.74 Å². The van der Waals surface area contributed by atoms with Crippen molar-refractivity contribution in [2.45, 2.75) is 69.2 Å². The molecule has 1 saturated carbocycles. The first kappa shape index (κ1) is 26.7.